The van der Waals surface area contributed by atoms with Gasteiger partial charge in [-0.3, -0.25) is 4.98 Å². The molecular weight excluding hydrogens is 316 g/mol. The molecule has 4 nitrogen and oxygen atoms in total. The molecule has 0 fully saturated rings. The highest BCUT2D eigenvalue weighted by Crippen LogP contribution is 2.28. The summed E-state index contributed by atoms with van der Waals surface area (Å²) in [6.45, 7) is 9.03. The number of hydrogen-bond donors (Lipinski definition) is 1. The van der Waals surface area contributed by atoms with E-state index in [2.05, 4.69) is 56.1 Å². The fourth-order valence-electron chi connectivity index (χ4n) is 2.07. The minimum absolute atomic E-state index is 0.679. The van der Waals surface area contributed by atoms with Crippen molar-refractivity contribution < 1.29 is 0 Å². The molecule has 5 heteroatoms. The Morgan fingerprint density at radius 2 is 1.95 bits per heavy atom. The number of pyridine rings is 1. The number of anilines is 1. The Kier molecular flexibility index (Phi) is 4.70. The van der Waals surface area contributed by atoms with E-state index >= 15 is 0 Å². The van der Waals surface area contributed by atoms with Crippen molar-refractivity contribution in [3.63, 3.8) is 0 Å². The zero-order valence-corrected chi connectivity index (χ0v) is 13.9. The first-order valence-electron chi connectivity index (χ1n) is 6.80. The predicted molar refractivity (Wildman–Crippen MR) is 86.0 cm³/mol. The SMILES string of the molecule is CCNc1nc(-c2ncc(C)cc2C)nc(CC)c1Br. The summed E-state index contributed by atoms with van der Waals surface area (Å²) in [7, 11) is 0. The first-order valence-corrected chi connectivity index (χ1v) is 7.60. The van der Waals surface area contributed by atoms with Gasteiger partial charge in [-0.2, -0.15) is 0 Å². The first-order chi connectivity index (χ1) is 9.56. The maximum absolute atomic E-state index is 4.63. The molecule has 2 rings (SSSR count). The molecule has 0 saturated heterocycles. The van der Waals surface area contributed by atoms with Gasteiger partial charge in [0.25, 0.3) is 0 Å². The summed E-state index contributed by atoms with van der Waals surface area (Å²) in [5.41, 5.74) is 4.08. The second-order valence-electron chi connectivity index (χ2n) is 4.72. The molecule has 2 heterocycles. The molecule has 0 aromatic carbocycles. The monoisotopic (exact) mass is 334 g/mol. The van der Waals surface area contributed by atoms with Crippen LogP contribution in [0.25, 0.3) is 11.5 Å². The molecule has 0 bridgehead atoms. The van der Waals surface area contributed by atoms with Gasteiger partial charge in [0.2, 0.25) is 0 Å². The van der Waals surface area contributed by atoms with E-state index in [0.29, 0.717) is 5.82 Å². The first kappa shape index (κ1) is 14.9. The van der Waals surface area contributed by atoms with Crippen molar-refractivity contribution in [3.05, 3.63) is 33.6 Å². The lowest BCUT2D eigenvalue weighted by molar-refractivity contribution is 0.974. The van der Waals surface area contributed by atoms with Crippen LogP contribution >= 0.6 is 15.9 Å². The van der Waals surface area contributed by atoms with E-state index < -0.39 is 0 Å². The van der Waals surface area contributed by atoms with Crippen LogP contribution in [0, 0.1) is 13.8 Å². The molecule has 0 saturated carbocycles. The molecule has 0 unspecified atom stereocenters. The summed E-state index contributed by atoms with van der Waals surface area (Å²) in [4.78, 5) is 13.7. The topological polar surface area (TPSA) is 50.7 Å². The van der Waals surface area contributed by atoms with Gasteiger partial charge >= 0.3 is 0 Å². The van der Waals surface area contributed by atoms with Crippen LogP contribution in [-0.4, -0.2) is 21.5 Å². The molecule has 0 spiro atoms. The van der Waals surface area contributed by atoms with Crippen molar-refractivity contribution in [2.24, 2.45) is 0 Å². The molecule has 1 N–H and O–H groups in total. The molecule has 0 aliphatic rings. The quantitative estimate of drug-likeness (QED) is 0.920. The molecule has 0 amide bonds. The van der Waals surface area contributed by atoms with Crippen LogP contribution in [0.3, 0.4) is 0 Å². The van der Waals surface area contributed by atoms with Crippen LogP contribution < -0.4 is 5.32 Å². The van der Waals surface area contributed by atoms with E-state index in [0.717, 1.165) is 45.8 Å². The molecule has 0 aliphatic heterocycles. The normalized spacial score (nSPS) is 10.7. The van der Waals surface area contributed by atoms with Crippen LogP contribution in [-0.2, 0) is 6.42 Å². The smallest absolute Gasteiger partial charge is 0.180 e. The number of rotatable bonds is 4. The van der Waals surface area contributed by atoms with Crippen LogP contribution in [0.15, 0.2) is 16.7 Å². The zero-order chi connectivity index (χ0) is 14.7. The number of halogens is 1. The van der Waals surface area contributed by atoms with E-state index in [1.807, 2.05) is 20.0 Å². The van der Waals surface area contributed by atoms with Crippen molar-refractivity contribution in [1.29, 1.82) is 0 Å². The highest BCUT2D eigenvalue weighted by atomic mass is 79.9. The van der Waals surface area contributed by atoms with E-state index in [4.69, 9.17) is 0 Å². The lowest BCUT2D eigenvalue weighted by Crippen LogP contribution is -2.07. The Labute approximate surface area is 128 Å². The minimum Gasteiger partial charge on any atom is -0.369 e. The largest absolute Gasteiger partial charge is 0.369 e. The Hall–Kier alpha value is -1.49. The summed E-state index contributed by atoms with van der Waals surface area (Å²) in [5.74, 6) is 1.51. The van der Waals surface area contributed by atoms with Crippen LogP contribution in [0.5, 0.6) is 0 Å². The second kappa shape index (κ2) is 6.31. The third kappa shape index (κ3) is 2.98. The van der Waals surface area contributed by atoms with Gasteiger partial charge in [-0.1, -0.05) is 13.0 Å². The van der Waals surface area contributed by atoms with E-state index in [1.54, 1.807) is 0 Å². The highest BCUT2D eigenvalue weighted by Gasteiger charge is 2.14. The van der Waals surface area contributed by atoms with Gasteiger partial charge in [0.1, 0.15) is 11.5 Å². The Morgan fingerprint density at radius 1 is 1.20 bits per heavy atom. The maximum Gasteiger partial charge on any atom is 0.180 e. The van der Waals surface area contributed by atoms with Gasteiger partial charge in [-0.25, -0.2) is 9.97 Å². The number of aromatic nitrogens is 3. The van der Waals surface area contributed by atoms with Gasteiger partial charge in [0, 0.05) is 12.7 Å². The summed E-state index contributed by atoms with van der Waals surface area (Å²) < 4.78 is 0.940. The van der Waals surface area contributed by atoms with Crippen molar-refractivity contribution in [1.82, 2.24) is 15.0 Å². The predicted octanol–water partition coefficient (Wildman–Crippen LogP) is 3.91. The average molecular weight is 335 g/mol. The van der Waals surface area contributed by atoms with Crippen LogP contribution in [0.2, 0.25) is 0 Å². The fourth-order valence-corrected chi connectivity index (χ4v) is 2.67. The molecule has 0 aliphatic carbocycles. The Bertz CT molecular complexity index is 626. The second-order valence-corrected chi connectivity index (χ2v) is 5.51. The molecule has 0 radical (unpaired) electrons. The van der Waals surface area contributed by atoms with Gasteiger partial charge in [-0.15, -0.1) is 0 Å². The van der Waals surface area contributed by atoms with Crippen molar-refractivity contribution in [2.45, 2.75) is 34.1 Å². The Morgan fingerprint density at radius 3 is 2.55 bits per heavy atom. The van der Waals surface area contributed by atoms with Gasteiger partial charge in [-0.05, 0) is 54.2 Å². The summed E-state index contributed by atoms with van der Waals surface area (Å²) >= 11 is 3.57. The van der Waals surface area contributed by atoms with E-state index in [1.165, 1.54) is 0 Å². The maximum atomic E-state index is 4.63. The van der Waals surface area contributed by atoms with Crippen molar-refractivity contribution in [2.75, 3.05) is 11.9 Å². The third-order valence-corrected chi connectivity index (χ3v) is 3.86. The molecule has 20 heavy (non-hydrogen) atoms. The number of aryl methyl sites for hydroxylation is 3. The average Bonchev–Trinajstić information content (AvgIpc) is 2.41. The summed E-state index contributed by atoms with van der Waals surface area (Å²) in [6, 6.07) is 2.10. The standard InChI is InChI=1S/C15H19BrN4/c1-5-11-12(16)14(17-6-2)20-15(19-11)13-10(4)7-9(3)8-18-13/h7-8H,5-6H2,1-4H3,(H,17,19,20). The van der Waals surface area contributed by atoms with Crippen molar-refractivity contribution in [3.8, 4) is 11.5 Å². The van der Waals surface area contributed by atoms with Crippen LogP contribution in [0.4, 0.5) is 5.82 Å². The molecule has 2 aromatic heterocycles. The van der Waals surface area contributed by atoms with Gasteiger partial charge < -0.3 is 5.32 Å². The number of hydrogen-bond acceptors (Lipinski definition) is 4. The number of nitrogens with one attached hydrogen (secondary N) is 1. The molecular formula is C15H19BrN4. The molecule has 0 atom stereocenters. The van der Waals surface area contributed by atoms with Crippen molar-refractivity contribution >= 4 is 21.7 Å². The van der Waals surface area contributed by atoms with E-state index in [9.17, 15) is 0 Å². The molecule has 106 valence electrons. The third-order valence-electron chi connectivity index (χ3n) is 3.03. The number of nitrogens with zero attached hydrogens (tertiary/aromatic N) is 3. The zero-order valence-electron chi connectivity index (χ0n) is 12.3. The molecule has 2 aromatic rings. The highest BCUT2D eigenvalue weighted by molar-refractivity contribution is 9.10. The van der Waals surface area contributed by atoms with E-state index in [-0.39, 0.29) is 0 Å². The summed E-state index contributed by atoms with van der Waals surface area (Å²) in [5, 5.41) is 3.27. The van der Waals surface area contributed by atoms with Gasteiger partial charge in [0.05, 0.1) is 10.2 Å². The minimum atomic E-state index is 0.679. The Balaban J connectivity index is 2.58. The fraction of sp³-hybridized carbons (Fsp3) is 0.400. The lowest BCUT2D eigenvalue weighted by atomic mass is 10.1. The van der Waals surface area contributed by atoms with Gasteiger partial charge in [0.15, 0.2) is 5.82 Å². The van der Waals surface area contributed by atoms with Crippen LogP contribution in [0.1, 0.15) is 30.7 Å². The summed E-state index contributed by atoms with van der Waals surface area (Å²) in [6.07, 6.45) is 2.70. The lowest BCUT2D eigenvalue weighted by Gasteiger charge is -2.12.